The molecule has 3 rings (SSSR count). The maximum atomic E-state index is 13.2. The van der Waals surface area contributed by atoms with E-state index in [0.717, 1.165) is 17.7 Å². The van der Waals surface area contributed by atoms with Gasteiger partial charge < -0.3 is 16.0 Å². The first-order chi connectivity index (χ1) is 13.1. The van der Waals surface area contributed by atoms with Crippen LogP contribution < -0.4 is 16.0 Å². The highest BCUT2D eigenvalue weighted by Crippen LogP contribution is 2.25. The molecule has 2 aromatic carbocycles. The molecule has 0 aliphatic carbocycles. The van der Waals surface area contributed by atoms with Crippen molar-refractivity contribution in [1.82, 2.24) is 10.2 Å². The van der Waals surface area contributed by atoms with Gasteiger partial charge in [0.1, 0.15) is 0 Å². The van der Waals surface area contributed by atoms with Crippen molar-refractivity contribution >= 4 is 17.6 Å². The summed E-state index contributed by atoms with van der Waals surface area (Å²) in [5.41, 5.74) is 9.16. The molecule has 0 saturated carbocycles. The molecule has 6 heteroatoms. The van der Waals surface area contributed by atoms with Crippen molar-refractivity contribution in [3.05, 3.63) is 65.2 Å². The second-order valence-electron chi connectivity index (χ2n) is 6.65. The minimum absolute atomic E-state index is 0.0460. The van der Waals surface area contributed by atoms with E-state index in [2.05, 4.69) is 17.4 Å². The standard InChI is InChI=1S/C21H26N4O2/c1-16-18(8-5-9-19(16)25-15-12-23-21(25)27)20(26)24(14-11-22)13-10-17-6-3-2-4-7-17/h2-9H,10-15,22H2,1H3,(H,23,27). The van der Waals surface area contributed by atoms with Crippen molar-refractivity contribution in [2.24, 2.45) is 5.73 Å². The molecule has 0 spiro atoms. The fourth-order valence-electron chi connectivity index (χ4n) is 3.40. The first kappa shape index (κ1) is 18.9. The fraction of sp³-hybridized carbons (Fsp3) is 0.333. The molecule has 2 aromatic rings. The summed E-state index contributed by atoms with van der Waals surface area (Å²) >= 11 is 0. The molecule has 27 heavy (non-hydrogen) atoms. The lowest BCUT2D eigenvalue weighted by Crippen LogP contribution is -2.37. The Balaban J connectivity index is 1.80. The summed E-state index contributed by atoms with van der Waals surface area (Å²) in [5, 5.41) is 2.80. The third-order valence-electron chi connectivity index (χ3n) is 4.88. The number of nitrogens with zero attached hydrogens (tertiary/aromatic N) is 2. The average molecular weight is 366 g/mol. The molecule has 6 nitrogen and oxygen atoms in total. The number of carbonyl (C=O) groups is 2. The van der Waals surface area contributed by atoms with Crippen LogP contribution in [0.2, 0.25) is 0 Å². The summed E-state index contributed by atoms with van der Waals surface area (Å²) in [6.45, 7) is 4.64. The highest BCUT2D eigenvalue weighted by Gasteiger charge is 2.25. The van der Waals surface area contributed by atoms with Crippen molar-refractivity contribution in [3.8, 4) is 0 Å². The van der Waals surface area contributed by atoms with Gasteiger partial charge in [-0.1, -0.05) is 36.4 Å². The zero-order valence-corrected chi connectivity index (χ0v) is 15.6. The molecule has 3 amide bonds. The smallest absolute Gasteiger partial charge is 0.322 e. The van der Waals surface area contributed by atoms with Gasteiger partial charge in [0.2, 0.25) is 0 Å². The van der Waals surface area contributed by atoms with Crippen LogP contribution in [-0.4, -0.2) is 49.6 Å². The maximum Gasteiger partial charge on any atom is 0.322 e. The highest BCUT2D eigenvalue weighted by molar-refractivity contribution is 6.00. The Hall–Kier alpha value is -2.86. The normalized spacial score (nSPS) is 13.6. The van der Waals surface area contributed by atoms with Gasteiger partial charge in [0, 0.05) is 44.0 Å². The molecule has 1 aliphatic heterocycles. The number of nitrogens with one attached hydrogen (secondary N) is 1. The van der Waals surface area contributed by atoms with Gasteiger partial charge in [-0.05, 0) is 36.6 Å². The van der Waals surface area contributed by atoms with Crippen LogP contribution in [0.5, 0.6) is 0 Å². The van der Waals surface area contributed by atoms with Gasteiger partial charge >= 0.3 is 6.03 Å². The third-order valence-corrected chi connectivity index (χ3v) is 4.88. The minimum Gasteiger partial charge on any atom is -0.337 e. The number of carbonyl (C=O) groups excluding carboxylic acids is 2. The van der Waals surface area contributed by atoms with Gasteiger partial charge in [0.25, 0.3) is 5.91 Å². The van der Waals surface area contributed by atoms with Gasteiger partial charge in [-0.15, -0.1) is 0 Å². The van der Waals surface area contributed by atoms with Crippen LogP contribution in [0.1, 0.15) is 21.5 Å². The van der Waals surface area contributed by atoms with E-state index in [-0.39, 0.29) is 11.9 Å². The summed E-state index contributed by atoms with van der Waals surface area (Å²) < 4.78 is 0. The second-order valence-corrected chi connectivity index (χ2v) is 6.65. The zero-order chi connectivity index (χ0) is 19.2. The predicted molar refractivity (Wildman–Crippen MR) is 107 cm³/mol. The predicted octanol–water partition coefficient (Wildman–Crippen LogP) is 2.17. The number of hydrogen-bond donors (Lipinski definition) is 2. The van der Waals surface area contributed by atoms with E-state index < -0.39 is 0 Å². The van der Waals surface area contributed by atoms with Gasteiger partial charge in [-0.3, -0.25) is 9.69 Å². The molecule has 3 N–H and O–H groups in total. The van der Waals surface area contributed by atoms with Crippen LogP contribution in [0.3, 0.4) is 0 Å². The number of amides is 3. The first-order valence-corrected chi connectivity index (χ1v) is 9.30. The van der Waals surface area contributed by atoms with E-state index in [0.29, 0.717) is 38.3 Å². The Labute approximate surface area is 159 Å². The molecule has 142 valence electrons. The lowest BCUT2D eigenvalue weighted by molar-refractivity contribution is 0.0761. The summed E-state index contributed by atoms with van der Waals surface area (Å²) in [6, 6.07) is 15.5. The second kappa shape index (κ2) is 8.68. The van der Waals surface area contributed by atoms with Crippen LogP contribution in [0.25, 0.3) is 0 Å². The van der Waals surface area contributed by atoms with Crippen molar-refractivity contribution < 1.29 is 9.59 Å². The van der Waals surface area contributed by atoms with Crippen molar-refractivity contribution in [1.29, 1.82) is 0 Å². The summed E-state index contributed by atoms with van der Waals surface area (Å²) in [5.74, 6) is -0.0460. The highest BCUT2D eigenvalue weighted by atomic mass is 16.2. The summed E-state index contributed by atoms with van der Waals surface area (Å²) in [4.78, 5) is 28.7. The SMILES string of the molecule is Cc1c(C(=O)N(CCN)CCc2ccccc2)cccc1N1CCNC1=O. The van der Waals surface area contributed by atoms with Crippen molar-refractivity contribution in [3.63, 3.8) is 0 Å². The van der Waals surface area contributed by atoms with Gasteiger partial charge in [0.05, 0.1) is 0 Å². The Morgan fingerprint density at radius 2 is 1.93 bits per heavy atom. The van der Waals surface area contributed by atoms with E-state index in [1.807, 2.05) is 43.3 Å². The number of benzene rings is 2. The lowest BCUT2D eigenvalue weighted by Gasteiger charge is -2.25. The van der Waals surface area contributed by atoms with Crippen LogP contribution in [-0.2, 0) is 6.42 Å². The molecular weight excluding hydrogens is 340 g/mol. The molecule has 0 bridgehead atoms. The van der Waals surface area contributed by atoms with E-state index in [9.17, 15) is 9.59 Å². The van der Waals surface area contributed by atoms with Crippen molar-refractivity contribution in [2.45, 2.75) is 13.3 Å². The molecule has 0 radical (unpaired) electrons. The van der Waals surface area contributed by atoms with Crippen LogP contribution in [0.15, 0.2) is 48.5 Å². The Kier molecular flexibility index (Phi) is 6.08. The Morgan fingerprint density at radius 1 is 1.15 bits per heavy atom. The maximum absolute atomic E-state index is 13.2. The van der Waals surface area contributed by atoms with Crippen LogP contribution in [0.4, 0.5) is 10.5 Å². The molecular formula is C21H26N4O2. The summed E-state index contributed by atoms with van der Waals surface area (Å²) in [7, 11) is 0. The zero-order valence-electron chi connectivity index (χ0n) is 15.6. The average Bonchev–Trinajstić information content (AvgIpc) is 3.11. The fourth-order valence-corrected chi connectivity index (χ4v) is 3.40. The Morgan fingerprint density at radius 3 is 2.59 bits per heavy atom. The molecule has 1 heterocycles. The van der Waals surface area contributed by atoms with Crippen LogP contribution >= 0.6 is 0 Å². The molecule has 0 unspecified atom stereocenters. The molecule has 1 saturated heterocycles. The number of hydrogen-bond acceptors (Lipinski definition) is 3. The number of urea groups is 1. The number of nitrogens with two attached hydrogens (primary N) is 1. The van der Waals surface area contributed by atoms with Gasteiger partial charge in [-0.2, -0.15) is 0 Å². The first-order valence-electron chi connectivity index (χ1n) is 9.30. The van der Waals surface area contributed by atoms with Crippen molar-refractivity contribution in [2.75, 3.05) is 37.6 Å². The van der Waals surface area contributed by atoms with Crippen LogP contribution in [0, 0.1) is 6.92 Å². The van der Waals surface area contributed by atoms with Gasteiger partial charge in [0.15, 0.2) is 0 Å². The van der Waals surface area contributed by atoms with E-state index in [1.165, 1.54) is 5.56 Å². The quantitative estimate of drug-likeness (QED) is 0.788. The molecule has 0 atom stereocenters. The summed E-state index contributed by atoms with van der Waals surface area (Å²) in [6.07, 6.45) is 0.778. The van der Waals surface area contributed by atoms with E-state index in [1.54, 1.807) is 9.80 Å². The number of rotatable bonds is 7. The number of anilines is 1. The Bertz CT molecular complexity index is 807. The van der Waals surface area contributed by atoms with E-state index in [4.69, 9.17) is 5.73 Å². The molecule has 0 aromatic heterocycles. The largest absolute Gasteiger partial charge is 0.337 e. The van der Waals surface area contributed by atoms with Gasteiger partial charge in [-0.25, -0.2) is 4.79 Å². The monoisotopic (exact) mass is 366 g/mol. The third kappa shape index (κ3) is 4.28. The van der Waals surface area contributed by atoms with E-state index >= 15 is 0 Å². The topological polar surface area (TPSA) is 78.7 Å². The molecule has 1 aliphatic rings. The minimum atomic E-state index is -0.120. The molecule has 1 fully saturated rings. The lowest BCUT2D eigenvalue weighted by atomic mass is 10.0.